The number of carbonyl (C=O) groups excluding carboxylic acids is 1. The topological polar surface area (TPSA) is 84.2 Å². The second-order valence-corrected chi connectivity index (χ2v) is 6.56. The summed E-state index contributed by atoms with van der Waals surface area (Å²) in [5, 5.41) is 12.3. The zero-order chi connectivity index (χ0) is 19.1. The van der Waals surface area contributed by atoms with Crippen molar-refractivity contribution in [2.24, 2.45) is 5.92 Å². The zero-order valence-corrected chi connectivity index (χ0v) is 15.4. The number of aromatic nitrogens is 1. The summed E-state index contributed by atoms with van der Waals surface area (Å²) in [6, 6.07) is 13.4. The van der Waals surface area contributed by atoms with E-state index in [-0.39, 0.29) is 11.8 Å². The lowest BCUT2D eigenvalue weighted by molar-refractivity contribution is -0.128. The third-order valence-corrected chi connectivity index (χ3v) is 4.74. The lowest BCUT2D eigenvalue weighted by Gasteiger charge is -2.22. The van der Waals surface area contributed by atoms with E-state index in [4.69, 9.17) is 9.47 Å². The van der Waals surface area contributed by atoms with Crippen LogP contribution in [0.15, 0.2) is 42.6 Å². The van der Waals surface area contributed by atoms with Gasteiger partial charge in [0.25, 0.3) is 0 Å². The Kier molecular flexibility index (Phi) is 6.39. The highest BCUT2D eigenvalue weighted by molar-refractivity contribution is 5.79. The molecule has 2 aromatic rings. The molecule has 1 aromatic heterocycles. The van der Waals surface area contributed by atoms with Crippen molar-refractivity contribution in [3.8, 4) is 23.1 Å². The Morgan fingerprint density at radius 1 is 1.30 bits per heavy atom. The number of nitrogens with zero attached hydrogens (tertiary/aromatic N) is 2. The monoisotopic (exact) mass is 365 g/mol. The van der Waals surface area contributed by atoms with Crippen molar-refractivity contribution in [3.05, 3.63) is 48.2 Å². The molecule has 1 atom stereocenters. The number of nitriles is 1. The Bertz CT molecular complexity index is 808. The van der Waals surface area contributed by atoms with Crippen molar-refractivity contribution in [2.75, 3.05) is 20.3 Å². The number of ether oxygens (including phenoxy) is 2. The van der Waals surface area contributed by atoms with Crippen LogP contribution in [-0.4, -0.2) is 37.3 Å². The third kappa shape index (κ3) is 5.05. The lowest BCUT2D eigenvalue weighted by Crippen LogP contribution is -2.41. The van der Waals surface area contributed by atoms with Crippen LogP contribution in [0.1, 0.15) is 18.4 Å². The molecule has 0 aliphatic carbocycles. The average molecular weight is 365 g/mol. The first-order valence-electron chi connectivity index (χ1n) is 9.06. The smallest absolute Gasteiger partial charge is 0.224 e. The highest BCUT2D eigenvalue weighted by Crippen LogP contribution is 2.23. The number of methoxy groups -OCH3 is 1. The van der Waals surface area contributed by atoms with Crippen LogP contribution in [0.2, 0.25) is 0 Å². The molecule has 6 heteroatoms. The van der Waals surface area contributed by atoms with Gasteiger partial charge >= 0.3 is 0 Å². The molecular weight excluding hydrogens is 342 g/mol. The van der Waals surface area contributed by atoms with Gasteiger partial charge < -0.3 is 14.8 Å². The number of hydrogen-bond acceptors (Lipinski definition) is 5. The molecule has 1 aromatic carbocycles. The first-order valence-corrected chi connectivity index (χ1v) is 9.06. The SMILES string of the molecule is COc1cc(-c2ccc(CC(C#N)NC(=O)C3CCOCC3)cc2)ccn1. The number of carbonyl (C=O) groups is 1. The fourth-order valence-electron chi connectivity index (χ4n) is 3.15. The summed E-state index contributed by atoms with van der Waals surface area (Å²) in [7, 11) is 1.59. The Morgan fingerprint density at radius 3 is 2.70 bits per heavy atom. The molecule has 27 heavy (non-hydrogen) atoms. The molecule has 1 unspecified atom stereocenters. The minimum Gasteiger partial charge on any atom is -0.481 e. The molecule has 1 aliphatic rings. The second-order valence-electron chi connectivity index (χ2n) is 6.56. The maximum Gasteiger partial charge on any atom is 0.224 e. The van der Waals surface area contributed by atoms with Crippen molar-refractivity contribution in [1.82, 2.24) is 10.3 Å². The lowest BCUT2D eigenvalue weighted by atomic mass is 9.98. The standard InChI is InChI=1S/C21H23N3O3/c1-26-20-13-18(6-9-23-20)16-4-2-15(3-5-16)12-19(14-22)24-21(25)17-7-10-27-11-8-17/h2-6,9,13,17,19H,7-8,10-12H2,1H3,(H,24,25). The summed E-state index contributed by atoms with van der Waals surface area (Å²) in [6.07, 6.45) is 3.62. The Labute approximate surface area is 159 Å². The van der Waals surface area contributed by atoms with Gasteiger partial charge in [-0.05, 0) is 35.6 Å². The van der Waals surface area contributed by atoms with E-state index in [0.29, 0.717) is 38.4 Å². The predicted molar refractivity (Wildman–Crippen MR) is 101 cm³/mol. The molecule has 140 valence electrons. The molecule has 0 saturated carbocycles. The minimum absolute atomic E-state index is 0.0506. The molecule has 0 radical (unpaired) electrons. The first-order chi connectivity index (χ1) is 13.2. The maximum atomic E-state index is 12.3. The normalized spacial score (nSPS) is 15.6. The van der Waals surface area contributed by atoms with Gasteiger partial charge in [-0.3, -0.25) is 4.79 Å². The van der Waals surface area contributed by atoms with Crippen LogP contribution >= 0.6 is 0 Å². The molecular formula is C21H23N3O3. The van der Waals surface area contributed by atoms with E-state index in [2.05, 4.69) is 16.4 Å². The molecule has 6 nitrogen and oxygen atoms in total. The van der Waals surface area contributed by atoms with Crippen molar-refractivity contribution in [2.45, 2.75) is 25.3 Å². The van der Waals surface area contributed by atoms with Gasteiger partial charge in [0.05, 0.1) is 13.2 Å². The van der Waals surface area contributed by atoms with Crippen LogP contribution in [0.3, 0.4) is 0 Å². The van der Waals surface area contributed by atoms with Gasteiger partial charge in [0, 0.05) is 37.8 Å². The Balaban J connectivity index is 1.62. The van der Waals surface area contributed by atoms with E-state index in [1.807, 2.05) is 36.4 Å². The van der Waals surface area contributed by atoms with Crippen LogP contribution in [0.25, 0.3) is 11.1 Å². The van der Waals surface area contributed by atoms with E-state index in [0.717, 1.165) is 16.7 Å². The van der Waals surface area contributed by atoms with E-state index in [9.17, 15) is 10.1 Å². The van der Waals surface area contributed by atoms with Crippen molar-refractivity contribution in [1.29, 1.82) is 5.26 Å². The number of rotatable bonds is 6. The van der Waals surface area contributed by atoms with Gasteiger partial charge in [-0.2, -0.15) is 5.26 Å². The van der Waals surface area contributed by atoms with Crippen LogP contribution in [-0.2, 0) is 16.0 Å². The highest BCUT2D eigenvalue weighted by atomic mass is 16.5. The zero-order valence-electron chi connectivity index (χ0n) is 15.4. The summed E-state index contributed by atoms with van der Waals surface area (Å²) < 4.78 is 10.4. The third-order valence-electron chi connectivity index (χ3n) is 4.74. The first kappa shape index (κ1) is 18.9. The quantitative estimate of drug-likeness (QED) is 0.851. The predicted octanol–water partition coefficient (Wildman–Crippen LogP) is 2.73. The molecule has 0 spiro atoms. The summed E-state index contributed by atoms with van der Waals surface area (Å²) in [6.45, 7) is 1.22. The molecule has 1 amide bonds. The van der Waals surface area contributed by atoms with Crippen molar-refractivity contribution in [3.63, 3.8) is 0 Å². The van der Waals surface area contributed by atoms with Gasteiger partial charge in [-0.1, -0.05) is 24.3 Å². The average Bonchev–Trinajstić information content (AvgIpc) is 2.74. The van der Waals surface area contributed by atoms with E-state index < -0.39 is 6.04 Å². The second kappa shape index (κ2) is 9.15. The molecule has 0 bridgehead atoms. The van der Waals surface area contributed by atoms with Gasteiger partial charge in [0.15, 0.2) is 0 Å². The number of benzene rings is 1. The van der Waals surface area contributed by atoms with E-state index in [1.165, 1.54) is 0 Å². The van der Waals surface area contributed by atoms with Crippen molar-refractivity contribution < 1.29 is 14.3 Å². The van der Waals surface area contributed by atoms with Crippen molar-refractivity contribution >= 4 is 5.91 Å². The molecule has 1 aliphatic heterocycles. The Morgan fingerprint density at radius 2 is 2.04 bits per heavy atom. The molecule has 1 N–H and O–H groups in total. The number of hydrogen-bond donors (Lipinski definition) is 1. The molecule has 1 fully saturated rings. The summed E-state index contributed by atoms with van der Waals surface area (Å²) in [5.74, 6) is 0.459. The molecule has 1 saturated heterocycles. The highest BCUT2D eigenvalue weighted by Gasteiger charge is 2.23. The summed E-state index contributed by atoms with van der Waals surface area (Å²) in [4.78, 5) is 16.4. The molecule has 2 heterocycles. The van der Waals surface area contributed by atoms with E-state index >= 15 is 0 Å². The van der Waals surface area contributed by atoms with Crippen LogP contribution < -0.4 is 10.1 Å². The number of amides is 1. The fourth-order valence-corrected chi connectivity index (χ4v) is 3.15. The molecule has 3 rings (SSSR count). The Hall–Kier alpha value is -2.91. The fraction of sp³-hybridized carbons (Fsp3) is 0.381. The van der Waals surface area contributed by atoms with Gasteiger partial charge in [0.2, 0.25) is 11.8 Å². The largest absolute Gasteiger partial charge is 0.481 e. The van der Waals surface area contributed by atoms with Crippen LogP contribution in [0, 0.1) is 17.2 Å². The van der Waals surface area contributed by atoms with Crippen LogP contribution in [0.5, 0.6) is 5.88 Å². The number of pyridine rings is 1. The minimum atomic E-state index is -0.535. The van der Waals surface area contributed by atoms with E-state index in [1.54, 1.807) is 13.3 Å². The van der Waals surface area contributed by atoms with Gasteiger partial charge in [-0.25, -0.2) is 4.98 Å². The van der Waals surface area contributed by atoms with Gasteiger partial charge in [0.1, 0.15) is 6.04 Å². The maximum absolute atomic E-state index is 12.3. The number of nitrogens with one attached hydrogen (secondary N) is 1. The van der Waals surface area contributed by atoms with Gasteiger partial charge in [-0.15, -0.1) is 0 Å². The van der Waals surface area contributed by atoms with Crippen LogP contribution in [0.4, 0.5) is 0 Å². The summed E-state index contributed by atoms with van der Waals surface area (Å²) in [5.41, 5.74) is 3.05. The summed E-state index contributed by atoms with van der Waals surface area (Å²) >= 11 is 0.